The van der Waals surface area contributed by atoms with E-state index in [0.717, 1.165) is 23.2 Å². The van der Waals surface area contributed by atoms with Crippen molar-refractivity contribution < 1.29 is 0 Å². The molecule has 0 spiro atoms. The van der Waals surface area contributed by atoms with Gasteiger partial charge in [0.25, 0.3) is 0 Å². The normalized spacial score (nSPS) is 20.9. The van der Waals surface area contributed by atoms with Gasteiger partial charge in [0.2, 0.25) is 0 Å². The van der Waals surface area contributed by atoms with Gasteiger partial charge in [0.05, 0.1) is 0 Å². The van der Waals surface area contributed by atoms with Crippen molar-refractivity contribution in [2.75, 3.05) is 0 Å². The first-order valence-corrected chi connectivity index (χ1v) is 11.0. The number of rotatable bonds is 4. The minimum atomic E-state index is -0.00555. The number of aryl methyl sites for hydroxylation is 1. The molecule has 0 atom stereocenters. The highest BCUT2D eigenvalue weighted by Crippen LogP contribution is 2.41. The van der Waals surface area contributed by atoms with Gasteiger partial charge in [-0.2, -0.15) is 0 Å². The Labute approximate surface area is 172 Å². The van der Waals surface area contributed by atoms with Crippen molar-refractivity contribution in [2.45, 2.75) is 85.5 Å². The fourth-order valence-electron chi connectivity index (χ4n) is 4.42. The molecule has 1 aromatic carbocycles. The van der Waals surface area contributed by atoms with Gasteiger partial charge in [-0.05, 0) is 54.1 Å². The Hall–Kier alpha value is -1.70. The summed E-state index contributed by atoms with van der Waals surface area (Å²) < 4.78 is 0. The summed E-state index contributed by atoms with van der Waals surface area (Å²) in [5, 5.41) is 0. The van der Waals surface area contributed by atoms with Crippen LogP contribution in [0, 0.1) is 17.3 Å². The summed E-state index contributed by atoms with van der Waals surface area (Å²) in [6, 6.07) is 9.02. The van der Waals surface area contributed by atoms with E-state index < -0.39 is 0 Å². The summed E-state index contributed by atoms with van der Waals surface area (Å²) in [5.41, 5.74) is 4.23. The topological polar surface area (TPSA) is 25.8 Å². The molecule has 0 N–H and O–H groups in total. The molecule has 1 aliphatic carbocycles. The lowest BCUT2D eigenvalue weighted by atomic mass is 9.69. The minimum absolute atomic E-state index is 0.00555. The monoisotopic (exact) mass is 378 g/mol. The van der Waals surface area contributed by atoms with Crippen molar-refractivity contribution in [1.29, 1.82) is 0 Å². The fourth-order valence-corrected chi connectivity index (χ4v) is 4.42. The molecule has 152 valence electrons. The highest BCUT2D eigenvalue weighted by Gasteiger charge is 2.29. The predicted octanol–water partition coefficient (Wildman–Crippen LogP) is 7.23. The summed E-state index contributed by atoms with van der Waals surface area (Å²) in [6.07, 6.45) is 12.1. The molecule has 1 heterocycles. The second kappa shape index (κ2) is 8.35. The Bertz CT molecular complexity index is 737. The Morgan fingerprint density at radius 2 is 1.36 bits per heavy atom. The molecular formula is C26H38N2. The Morgan fingerprint density at radius 3 is 1.86 bits per heavy atom. The van der Waals surface area contributed by atoms with Gasteiger partial charge in [-0.3, -0.25) is 0 Å². The van der Waals surface area contributed by atoms with Crippen molar-refractivity contribution in [3.05, 3.63) is 48.0 Å². The predicted molar refractivity (Wildman–Crippen MR) is 119 cm³/mol. The summed E-state index contributed by atoms with van der Waals surface area (Å²) in [6.45, 7) is 13.6. The van der Waals surface area contributed by atoms with Crippen LogP contribution in [0.5, 0.6) is 0 Å². The van der Waals surface area contributed by atoms with E-state index in [-0.39, 0.29) is 5.41 Å². The molecule has 0 amide bonds. The van der Waals surface area contributed by atoms with Crippen LogP contribution in [0.25, 0.3) is 11.1 Å². The minimum Gasteiger partial charge on any atom is -0.240 e. The summed E-state index contributed by atoms with van der Waals surface area (Å²) >= 11 is 0. The molecular weight excluding hydrogens is 340 g/mol. The van der Waals surface area contributed by atoms with E-state index in [9.17, 15) is 0 Å². The molecule has 0 radical (unpaired) electrons. The van der Waals surface area contributed by atoms with Gasteiger partial charge in [-0.25, -0.2) is 9.97 Å². The number of benzene rings is 1. The van der Waals surface area contributed by atoms with E-state index in [4.69, 9.17) is 0 Å². The fraction of sp³-hybridized carbons (Fsp3) is 0.615. The lowest BCUT2D eigenvalue weighted by Gasteiger charge is -2.37. The van der Waals surface area contributed by atoms with Gasteiger partial charge in [-0.1, -0.05) is 78.6 Å². The maximum atomic E-state index is 4.56. The Kier molecular flexibility index (Phi) is 6.27. The Balaban J connectivity index is 1.53. The Morgan fingerprint density at radius 1 is 0.786 bits per heavy atom. The zero-order chi connectivity index (χ0) is 20.4. The van der Waals surface area contributed by atoms with Crippen molar-refractivity contribution >= 4 is 0 Å². The van der Waals surface area contributed by atoms with Gasteiger partial charge < -0.3 is 0 Å². The van der Waals surface area contributed by atoms with Gasteiger partial charge in [0, 0.05) is 23.4 Å². The summed E-state index contributed by atoms with van der Waals surface area (Å²) in [7, 11) is 0. The van der Waals surface area contributed by atoms with Crippen molar-refractivity contribution in [2.24, 2.45) is 17.3 Å². The van der Waals surface area contributed by atoms with E-state index in [1.54, 1.807) is 0 Å². The van der Waals surface area contributed by atoms with Gasteiger partial charge in [-0.15, -0.1) is 0 Å². The third-order valence-corrected chi connectivity index (χ3v) is 6.52. The quantitative estimate of drug-likeness (QED) is 0.561. The molecule has 3 rings (SSSR count). The molecule has 1 saturated carbocycles. The smallest absolute Gasteiger partial charge is 0.133 e. The van der Waals surface area contributed by atoms with E-state index in [1.165, 1.54) is 49.7 Å². The first-order valence-electron chi connectivity index (χ1n) is 11.0. The van der Waals surface area contributed by atoms with Gasteiger partial charge >= 0.3 is 0 Å². The van der Waals surface area contributed by atoms with E-state index in [2.05, 4.69) is 75.8 Å². The van der Waals surface area contributed by atoms with Crippen LogP contribution >= 0.6 is 0 Å². The molecule has 1 aromatic heterocycles. The number of hydrogen-bond donors (Lipinski definition) is 0. The summed E-state index contributed by atoms with van der Waals surface area (Å²) in [5.74, 6) is 2.72. The number of nitrogens with zero attached hydrogens (tertiary/aromatic N) is 2. The largest absolute Gasteiger partial charge is 0.240 e. The van der Waals surface area contributed by atoms with E-state index >= 15 is 0 Å². The third-order valence-electron chi connectivity index (χ3n) is 6.52. The standard InChI is InChI=1S/C26H38N2/c1-25(2,3)23-15-11-20(12-16-23)8-7-19-9-13-21(14-10-19)22-17-27-24(28-18-22)26(4,5)6/h9-10,13-14,17-18,20,23H,7-8,11-12,15-16H2,1-6H3. The van der Waals surface area contributed by atoms with E-state index in [0.29, 0.717) is 5.41 Å². The van der Waals surface area contributed by atoms with Crippen LogP contribution in [0.2, 0.25) is 0 Å². The molecule has 28 heavy (non-hydrogen) atoms. The zero-order valence-electron chi connectivity index (χ0n) is 18.8. The molecule has 0 unspecified atom stereocenters. The molecule has 1 fully saturated rings. The highest BCUT2D eigenvalue weighted by atomic mass is 14.9. The van der Waals surface area contributed by atoms with Crippen LogP contribution < -0.4 is 0 Å². The maximum Gasteiger partial charge on any atom is 0.133 e. The second-order valence-electron chi connectivity index (χ2n) is 10.9. The first-order chi connectivity index (χ1) is 13.1. The SMILES string of the molecule is CC(C)(C)c1ncc(-c2ccc(CCC3CCC(C(C)(C)C)CC3)cc2)cn1. The summed E-state index contributed by atoms with van der Waals surface area (Å²) in [4.78, 5) is 9.12. The first kappa shape index (κ1) is 21.0. The van der Waals surface area contributed by atoms with Crippen LogP contribution in [0.15, 0.2) is 36.7 Å². The number of hydrogen-bond acceptors (Lipinski definition) is 2. The lowest BCUT2D eigenvalue weighted by molar-refractivity contribution is 0.147. The van der Waals surface area contributed by atoms with Crippen LogP contribution in [0.1, 0.15) is 85.0 Å². The van der Waals surface area contributed by atoms with E-state index in [1.807, 2.05) is 12.4 Å². The molecule has 2 heteroatoms. The average Bonchev–Trinajstić information content (AvgIpc) is 2.66. The van der Waals surface area contributed by atoms with Gasteiger partial charge in [0.15, 0.2) is 0 Å². The van der Waals surface area contributed by atoms with Crippen LogP contribution in [0.3, 0.4) is 0 Å². The lowest BCUT2D eigenvalue weighted by Crippen LogP contribution is -2.26. The highest BCUT2D eigenvalue weighted by molar-refractivity contribution is 5.61. The van der Waals surface area contributed by atoms with Crippen LogP contribution in [0.4, 0.5) is 0 Å². The molecule has 2 aromatic rings. The zero-order valence-corrected chi connectivity index (χ0v) is 18.8. The van der Waals surface area contributed by atoms with Gasteiger partial charge in [0.1, 0.15) is 5.82 Å². The molecule has 1 aliphatic rings. The van der Waals surface area contributed by atoms with Crippen molar-refractivity contribution in [3.8, 4) is 11.1 Å². The molecule has 0 bridgehead atoms. The second-order valence-corrected chi connectivity index (χ2v) is 10.9. The maximum absolute atomic E-state index is 4.56. The average molecular weight is 379 g/mol. The van der Waals surface area contributed by atoms with Crippen LogP contribution in [-0.2, 0) is 11.8 Å². The molecule has 0 aliphatic heterocycles. The molecule has 0 saturated heterocycles. The van der Waals surface area contributed by atoms with Crippen molar-refractivity contribution in [1.82, 2.24) is 9.97 Å². The van der Waals surface area contributed by atoms with Crippen LogP contribution in [-0.4, -0.2) is 9.97 Å². The third kappa shape index (κ3) is 5.43. The number of aromatic nitrogens is 2. The molecule has 2 nitrogen and oxygen atoms in total. The van der Waals surface area contributed by atoms with Crippen molar-refractivity contribution in [3.63, 3.8) is 0 Å².